The zero-order valence-electron chi connectivity index (χ0n) is 12.5. The molecule has 1 aromatic heterocycles. The molecule has 0 bridgehead atoms. The van der Waals surface area contributed by atoms with E-state index in [1.165, 1.54) is 20.4 Å². The van der Waals surface area contributed by atoms with Crippen molar-refractivity contribution >= 4 is 17.6 Å². The van der Waals surface area contributed by atoms with Crippen LogP contribution in [0.4, 0.5) is 5.69 Å². The van der Waals surface area contributed by atoms with Gasteiger partial charge in [0.1, 0.15) is 5.56 Å². The predicted molar refractivity (Wildman–Crippen MR) is 81.3 cm³/mol. The van der Waals surface area contributed by atoms with Crippen molar-refractivity contribution in [1.82, 2.24) is 4.98 Å². The summed E-state index contributed by atoms with van der Waals surface area (Å²) in [6.07, 6.45) is 1.53. The third kappa shape index (κ3) is 3.22. The number of amides is 1. The van der Waals surface area contributed by atoms with Gasteiger partial charge in [-0.05, 0) is 31.2 Å². The Kier molecular flexibility index (Phi) is 4.73. The first-order chi connectivity index (χ1) is 10.6. The average Bonchev–Trinajstić information content (AvgIpc) is 2.55. The van der Waals surface area contributed by atoms with Crippen molar-refractivity contribution in [2.45, 2.75) is 6.92 Å². The number of hydrogen-bond donors (Lipinski definition) is 1. The molecule has 0 saturated carbocycles. The molecule has 22 heavy (non-hydrogen) atoms. The Morgan fingerprint density at radius 3 is 2.59 bits per heavy atom. The molecule has 0 aliphatic heterocycles. The van der Waals surface area contributed by atoms with Gasteiger partial charge in [-0.2, -0.15) is 0 Å². The number of hydrogen-bond acceptors (Lipinski definition) is 5. The molecule has 0 aliphatic rings. The van der Waals surface area contributed by atoms with Gasteiger partial charge in [-0.3, -0.25) is 4.79 Å². The van der Waals surface area contributed by atoms with Crippen molar-refractivity contribution in [2.75, 3.05) is 19.5 Å². The Bertz CT molecular complexity index is 713. The van der Waals surface area contributed by atoms with Gasteiger partial charge in [0.05, 0.1) is 25.5 Å². The lowest BCUT2D eigenvalue weighted by molar-refractivity contribution is 0.0602. The number of nitrogens with one attached hydrogen (secondary N) is 1. The average molecular weight is 300 g/mol. The van der Waals surface area contributed by atoms with Gasteiger partial charge in [-0.1, -0.05) is 11.6 Å². The van der Waals surface area contributed by atoms with E-state index in [-0.39, 0.29) is 11.4 Å². The van der Waals surface area contributed by atoms with E-state index in [0.29, 0.717) is 11.3 Å². The maximum Gasteiger partial charge on any atom is 0.339 e. The molecule has 1 aromatic carbocycles. The molecule has 1 amide bonds. The van der Waals surface area contributed by atoms with Gasteiger partial charge in [-0.15, -0.1) is 0 Å². The summed E-state index contributed by atoms with van der Waals surface area (Å²) >= 11 is 0. The molecular weight excluding hydrogens is 284 g/mol. The zero-order chi connectivity index (χ0) is 16.1. The number of aryl methyl sites for hydroxylation is 1. The fourth-order valence-electron chi connectivity index (χ4n) is 1.96. The van der Waals surface area contributed by atoms with Crippen LogP contribution < -0.4 is 10.1 Å². The van der Waals surface area contributed by atoms with Crippen LogP contribution in [0.25, 0.3) is 0 Å². The Labute approximate surface area is 128 Å². The number of methoxy groups -OCH3 is 2. The maximum absolute atomic E-state index is 12.4. The smallest absolute Gasteiger partial charge is 0.339 e. The summed E-state index contributed by atoms with van der Waals surface area (Å²) in [5, 5.41) is 2.68. The quantitative estimate of drug-likeness (QED) is 0.877. The van der Waals surface area contributed by atoms with Crippen molar-refractivity contribution in [1.29, 1.82) is 0 Å². The second kappa shape index (κ2) is 6.71. The summed E-state index contributed by atoms with van der Waals surface area (Å²) in [6.45, 7) is 1.85. The van der Waals surface area contributed by atoms with Crippen LogP contribution in [0, 0.1) is 6.92 Å². The third-order valence-electron chi connectivity index (χ3n) is 3.04. The number of rotatable bonds is 4. The standard InChI is InChI=1S/C16H16N2O4/c1-10-6-7-13(12(9-10)16(20)22-3)18-14(19)11-5-4-8-17-15(11)21-2/h4-9H,1-3H3,(H,18,19). The number of ether oxygens (including phenoxy) is 2. The van der Waals surface area contributed by atoms with Crippen LogP contribution in [0.2, 0.25) is 0 Å². The first kappa shape index (κ1) is 15.5. The van der Waals surface area contributed by atoms with E-state index in [2.05, 4.69) is 10.3 Å². The van der Waals surface area contributed by atoms with Crippen LogP contribution >= 0.6 is 0 Å². The van der Waals surface area contributed by atoms with E-state index in [1.807, 2.05) is 6.92 Å². The van der Waals surface area contributed by atoms with Crippen LogP contribution in [-0.4, -0.2) is 31.1 Å². The lowest BCUT2D eigenvalue weighted by Gasteiger charge is -2.12. The van der Waals surface area contributed by atoms with Crippen LogP contribution in [0.1, 0.15) is 26.3 Å². The summed E-state index contributed by atoms with van der Waals surface area (Å²) in [7, 11) is 2.73. The molecule has 6 nitrogen and oxygen atoms in total. The lowest BCUT2D eigenvalue weighted by Crippen LogP contribution is -2.16. The minimum absolute atomic E-state index is 0.215. The van der Waals surface area contributed by atoms with Crippen LogP contribution in [-0.2, 0) is 4.74 Å². The molecule has 1 heterocycles. The molecule has 114 valence electrons. The normalized spacial score (nSPS) is 9.95. The van der Waals surface area contributed by atoms with E-state index in [1.54, 1.807) is 30.3 Å². The molecule has 0 spiro atoms. The number of nitrogens with zero attached hydrogens (tertiary/aromatic N) is 1. The van der Waals surface area contributed by atoms with Crippen molar-refractivity contribution < 1.29 is 19.1 Å². The highest BCUT2D eigenvalue weighted by atomic mass is 16.5. The first-order valence-electron chi connectivity index (χ1n) is 6.56. The summed E-state index contributed by atoms with van der Waals surface area (Å²) in [4.78, 5) is 28.1. The Morgan fingerprint density at radius 1 is 1.14 bits per heavy atom. The van der Waals surface area contributed by atoms with Gasteiger partial charge in [0.25, 0.3) is 5.91 Å². The van der Waals surface area contributed by atoms with Gasteiger partial charge >= 0.3 is 5.97 Å². The molecule has 0 aliphatic carbocycles. The topological polar surface area (TPSA) is 77.5 Å². The van der Waals surface area contributed by atoms with Gasteiger partial charge in [-0.25, -0.2) is 9.78 Å². The number of anilines is 1. The highest BCUT2D eigenvalue weighted by Gasteiger charge is 2.17. The highest BCUT2D eigenvalue weighted by molar-refractivity contribution is 6.09. The van der Waals surface area contributed by atoms with Crippen molar-refractivity contribution in [3.05, 3.63) is 53.2 Å². The van der Waals surface area contributed by atoms with E-state index in [4.69, 9.17) is 9.47 Å². The van der Waals surface area contributed by atoms with Crippen molar-refractivity contribution in [2.24, 2.45) is 0 Å². The highest BCUT2D eigenvalue weighted by Crippen LogP contribution is 2.21. The van der Waals surface area contributed by atoms with Gasteiger partial charge in [0.15, 0.2) is 0 Å². The van der Waals surface area contributed by atoms with E-state index >= 15 is 0 Å². The summed E-state index contributed by atoms with van der Waals surface area (Å²) in [6, 6.07) is 8.33. The van der Waals surface area contributed by atoms with Crippen LogP contribution in [0.3, 0.4) is 0 Å². The van der Waals surface area contributed by atoms with Crippen molar-refractivity contribution in [3.8, 4) is 5.88 Å². The second-order valence-corrected chi connectivity index (χ2v) is 4.55. The number of benzene rings is 1. The second-order valence-electron chi connectivity index (χ2n) is 4.55. The number of carbonyl (C=O) groups is 2. The molecular formula is C16H16N2O4. The van der Waals surface area contributed by atoms with Gasteiger partial charge in [0, 0.05) is 6.20 Å². The van der Waals surface area contributed by atoms with Crippen LogP contribution in [0.5, 0.6) is 5.88 Å². The predicted octanol–water partition coefficient (Wildman–Crippen LogP) is 2.44. The maximum atomic E-state index is 12.4. The molecule has 0 fully saturated rings. The molecule has 2 aromatic rings. The van der Waals surface area contributed by atoms with Gasteiger partial charge in [0.2, 0.25) is 5.88 Å². The van der Waals surface area contributed by atoms with E-state index < -0.39 is 11.9 Å². The Balaban J connectivity index is 2.34. The van der Waals surface area contributed by atoms with E-state index in [9.17, 15) is 9.59 Å². The summed E-state index contributed by atoms with van der Waals surface area (Å²) in [5.41, 5.74) is 1.82. The zero-order valence-corrected chi connectivity index (χ0v) is 12.5. The lowest BCUT2D eigenvalue weighted by atomic mass is 10.1. The molecule has 2 rings (SSSR count). The summed E-state index contributed by atoms with van der Waals surface area (Å²) in [5.74, 6) is -0.720. The first-order valence-corrected chi connectivity index (χ1v) is 6.56. The van der Waals surface area contributed by atoms with Crippen molar-refractivity contribution in [3.63, 3.8) is 0 Å². The van der Waals surface area contributed by atoms with Crippen LogP contribution in [0.15, 0.2) is 36.5 Å². The number of carbonyl (C=O) groups excluding carboxylic acids is 2. The number of pyridine rings is 1. The minimum atomic E-state index is -0.517. The fourth-order valence-corrected chi connectivity index (χ4v) is 1.96. The number of esters is 1. The SMILES string of the molecule is COC(=O)c1cc(C)ccc1NC(=O)c1cccnc1OC. The monoisotopic (exact) mass is 300 g/mol. The largest absolute Gasteiger partial charge is 0.480 e. The van der Waals surface area contributed by atoms with Gasteiger partial charge < -0.3 is 14.8 Å². The summed E-state index contributed by atoms with van der Waals surface area (Å²) < 4.78 is 9.80. The Hall–Kier alpha value is -2.89. The Morgan fingerprint density at radius 2 is 1.91 bits per heavy atom. The molecule has 0 radical (unpaired) electrons. The van der Waals surface area contributed by atoms with E-state index in [0.717, 1.165) is 5.56 Å². The molecule has 0 unspecified atom stereocenters. The molecule has 0 atom stereocenters. The fraction of sp³-hybridized carbons (Fsp3) is 0.188. The molecule has 0 saturated heterocycles. The minimum Gasteiger partial charge on any atom is -0.480 e. The molecule has 6 heteroatoms. The molecule has 1 N–H and O–H groups in total. The third-order valence-corrected chi connectivity index (χ3v) is 3.04. The number of aromatic nitrogens is 1.